The smallest absolute Gasteiger partial charge is 0.407 e. The van der Waals surface area contributed by atoms with Crippen LogP contribution in [0.5, 0.6) is 0 Å². The summed E-state index contributed by atoms with van der Waals surface area (Å²) < 4.78 is 6.30. The minimum Gasteiger partial charge on any atom is -0.445 e. The van der Waals surface area contributed by atoms with Gasteiger partial charge in [0.1, 0.15) is 6.10 Å². The molecule has 2 amide bonds. The molecule has 0 saturated heterocycles. The SMILES string of the molecule is CC(C)(C)NC(=O)O[C@@H]1CCC[C@@H]1C(=O)Nc1ccc(Br)cc1N. The standard InChI is InChI=1S/C17H24BrN3O3/c1-17(2,3)21-16(23)24-14-6-4-5-11(14)15(22)20-13-8-7-10(18)9-12(13)19/h7-9,11,14H,4-6,19H2,1-3H3,(H,20,22)(H,21,23)/t11-,14+/m0/s1. The highest BCUT2D eigenvalue weighted by Crippen LogP contribution is 2.31. The van der Waals surface area contributed by atoms with Crippen LogP contribution in [0.25, 0.3) is 0 Å². The van der Waals surface area contributed by atoms with Crippen molar-refractivity contribution >= 4 is 39.3 Å². The zero-order chi connectivity index (χ0) is 17.9. The van der Waals surface area contributed by atoms with E-state index in [1.54, 1.807) is 12.1 Å². The maximum Gasteiger partial charge on any atom is 0.407 e. The second-order valence-electron chi connectivity index (χ2n) is 7.08. The van der Waals surface area contributed by atoms with Gasteiger partial charge in [-0.25, -0.2) is 4.79 Å². The van der Waals surface area contributed by atoms with Crippen LogP contribution in [0, 0.1) is 5.92 Å². The second kappa shape index (κ2) is 7.42. The number of ether oxygens (including phenoxy) is 1. The molecule has 1 aliphatic rings. The van der Waals surface area contributed by atoms with Crippen molar-refractivity contribution < 1.29 is 14.3 Å². The lowest BCUT2D eigenvalue weighted by Crippen LogP contribution is -2.43. The van der Waals surface area contributed by atoms with Gasteiger partial charge in [-0.1, -0.05) is 15.9 Å². The van der Waals surface area contributed by atoms with Crippen LogP contribution in [-0.2, 0) is 9.53 Å². The largest absolute Gasteiger partial charge is 0.445 e. The molecule has 0 spiro atoms. The fourth-order valence-corrected chi connectivity index (χ4v) is 3.09. The number of halogens is 1. The van der Waals surface area contributed by atoms with Crippen molar-refractivity contribution in [3.8, 4) is 0 Å². The molecule has 0 aromatic heterocycles. The minimum absolute atomic E-state index is 0.171. The summed E-state index contributed by atoms with van der Waals surface area (Å²) in [6.45, 7) is 5.64. The minimum atomic E-state index is -0.490. The van der Waals surface area contributed by atoms with Gasteiger partial charge in [-0.15, -0.1) is 0 Å². The number of amides is 2. The van der Waals surface area contributed by atoms with Crippen molar-refractivity contribution in [2.24, 2.45) is 5.92 Å². The number of hydrogen-bond donors (Lipinski definition) is 3. The first-order valence-corrected chi connectivity index (χ1v) is 8.80. The van der Waals surface area contributed by atoms with Crippen LogP contribution in [-0.4, -0.2) is 23.6 Å². The number of carbonyl (C=O) groups excluding carboxylic acids is 2. The van der Waals surface area contributed by atoms with Gasteiger partial charge in [0.2, 0.25) is 5.91 Å². The van der Waals surface area contributed by atoms with E-state index in [9.17, 15) is 9.59 Å². The molecule has 1 saturated carbocycles. The molecule has 0 radical (unpaired) electrons. The van der Waals surface area contributed by atoms with Gasteiger partial charge in [-0.2, -0.15) is 0 Å². The molecule has 24 heavy (non-hydrogen) atoms. The van der Waals surface area contributed by atoms with E-state index in [1.807, 2.05) is 26.8 Å². The van der Waals surface area contributed by atoms with Crippen molar-refractivity contribution in [2.75, 3.05) is 11.1 Å². The quantitative estimate of drug-likeness (QED) is 0.678. The van der Waals surface area contributed by atoms with Gasteiger partial charge in [-0.3, -0.25) is 4.79 Å². The van der Waals surface area contributed by atoms with Crippen molar-refractivity contribution in [3.63, 3.8) is 0 Å². The maximum absolute atomic E-state index is 12.5. The third kappa shape index (κ3) is 5.12. The molecular formula is C17H24BrN3O3. The highest BCUT2D eigenvalue weighted by atomic mass is 79.9. The molecule has 1 fully saturated rings. The monoisotopic (exact) mass is 397 g/mol. The summed E-state index contributed by atoms with van der Waals surface area (Å²) in [5, 5.41) is 5.59. The summed E-state index contributed by atoms with van der Waals surface area (Å²) in [4.78, 5) is 24.5. The van der Waals surface area contributed by atoms with Crippen molar-refractivity contribution in [2.45, 2.75) is 51.7 Å². The van der Waals surface area contributed by atoms with Gasteiger partial charge in [0.25, 0.3) is 0 Å². The van der Waals surface area contributed by atoms with Gasteiger partial charge in [0, 0.05) is 10.0 Å². The highest BCUT2D eigenvalue weighted by molar-refractivity contribution is 9.10. The summed E-state index contributed by atoms with van der Waals surface area (Å²) in [5.41, 5.74) is 6.59. The Kier molecular flexibility index (Phi) is 5.74. The number of benzene rings is 1. The van der Waals surface area contributed by atoms with Gasteiger partial charge < -0.3 is 21.1 Å². The lowest BCUT2D eigenvalue weighted by molar-refractivity contribution is -0.122. The number of nitrogens with two attached hydrogens (primary N) is 1. The van der Waals surface area contributed by atoms with E-state index in [2.05, 4.69) is 26.6 Å². The number of carbonyl (C=O) groups is 2. The lowest BCUT2D eigenvalue weighted by Gasteiger charge is -2.24. The Morgan fingerprint density at radius 2 is 2.00 bits per heavy atom. The van der Waals surface area contributed by atoms with Crippen LogP contribution in [0.3, 0.4) is 0 Å². The Morgan fingerprint density at radius 1 is 1.29 bits per heavy atom. The Morgan fingerprint density at radius 3 is 2.62 bits per heavy atom. The predicted octanol–water partition coefficient (Wildman–Crippen LogP) is 3.66. The third-order valence-corrected chi connectivity index (χ3v) is 4.29. The summed E-state index contributed by atoms with van der Waals surface area (Å²) in [6, 6.07) is 5.29. The lowest BCUT2D eigenvalue weighted by atomic mass is 10.0. The van der Waals surface area contributed by atoms with E-state index >= 15 is 0 Å². The van der Waals surface area contributed by atoms with E-state index in [4.69, 9.17) is 10.5 Å². The summed E-state index contributed by atoms with van der Waals surface area (Å²) in [5.74, 6) is -0.533. The number of nitrogen functional groups attached to an aromatic ring is 1. The van der Waals surface area contributed by atoms with E-state index in [0.717, 1.165) is 10.9 Å². The molecule has 6 nitrogen and oxygen atoms in total. The van der Waals surface area contributed by atoms with Gasteiger partial charge in [0.15, 0.2) is 0 Å². The molecule has 2 atom stereocenters. The van der Waals surface area contributed by atoms with Gasteiger partial charge >= 0.3 is 6.09 Å². The molecule has 1 aliphatic carbocycles. The Hall–Kier alpha value is -1.76. The zero-order valence-electron chi connectivity index (χ0n) is 14.2. The van der Waals surface area contributed by atoms with Crippen LogP contribution < -0.4 is 16.4 Å². The second-order valence-corrected chi connectivity index (χ2v) is 7.99. The van der Waals surface area contributed by atoms with Crippen LogP contribution in [0.4, 0.5) is 16.2 Å². The highest BCUT2D eigenvalue weighted by Gasteiger charge is 2.36. The summed E-state index contributed by atoms with van der Waals surface area (Å²) in [6.07, 6.45) is 1.32. The number of alkyl carbamates (subject to hydrolysis) is 1. The molecule has 4 N–H and O–H groups in total. The molecule has 0 aliphatic heterocycles. The van der Waals surface area contributed by atoms with E-state index in [0.29, 0.717) is 24.2 Å². The third-order valence-electron chi connectivity index (χ3n) is 3.80. The number of nitrogens with one attached hydrogen (secondary N) is 2. The molecule has 0 bridgehead atoms. The van der Waals surface area contributed by atoms with E-state index in [1.165, 1.54) is 0 Å². The van der Waals surface area contributed by atoms with Crippen LogP contribution >= 0.6 is 15.9 Å². The number of rotatable bonds is 3. The molecule has 2 rings (SSSR count). The van der Waals surface area contributed by atoms with Crippen LogP contribution in [0.1, 0.15) is 40.0 Å². The number of hydrogen-bond acceptors (Lipinski definition) is 4. The average molecular weight is 398 g/mol. The molecule has 132 valence electrons. The predicted molar refractivity (Wildman–Crippen MR) is 97.7 cm³/mol. The van der Waals surface area contributed by atoms with Gasteiger partial charge in [0.05, 0.1) is 17.3 Å². The first-order valence-electron chi connectivity index (χ1n) is 8.00. The Bertz CT molecular complexity index is 628. The van der Waals surface area contributed by atoms with Crippen molar-refractivity contribution in [1.29, 1.82) is 0 Å². The maximum atomic E-state index is 12.5. The average Bonchev–Trinajstić information content (AvgIpc) is 2.87. The van der Waals surface area contributed by atoms with Crippen molar-refractivity contribution in [3.05, 3.63) is 22.7 Å². The van der Waals surface area contributed by atoms with Crippen LogP contribution in [0.2, 0.25) is 0 Å². The van der Waals surface area contributed by atoms with E-state index in [-0.39, 0.29) is 17.4 Å². The number of anilines is 2. The van der Waals surface area contributed by atoms with Crippen LogP contribution in [0.15, 0.2) is 22.7 Å². The summed E-state index contributed by atoms with van der Waals surface area (Å²) in [7, 11) is 0. The molecule has 1 aromatic rings. The molecule has 7 heteroatoms. The Labute approximate surface area is 150 Å². The summed E-state index contributed by atoms with van der Waals surface area (Å²) >= 11 is 3.33. The van der Waals surface area contributed by atoms with Crippen molar-refractivity contribution in [1.82, 2.24) is 5.32 Å². The fourth-order valence-electron chi connectivity index (χ4n) is 2.71. The topological polar surface area (TPSA) is 93.4 Å². The van der Waals surface area contributed by atoms with Gasteiger partial charge in [-0.05, 0) is 58.2 Å². The molecule has 0 unspecified atom stereocenters. The first kappa shape index (κ1) is 18.6. The normalized spacial score (nSPS) is 20.5. The molecule has 1 aromatic carbocycles. The van der Waals surface area contributed by atoms with E-state index < -0.39 is 12.2 Å². The zero-order valence-corrected chi connectivity index (χ0v) is 15.8. The Balaban J connectivity index is 1.99. The molecule has 0 heterocycles. The first-order chi connectivity index (χ1) is 11.2. The fraction of sp³-hybridized carbons (Fsp3) is 0.529. The molecular weight excluding hydrogens is 374 g/mol.